The second-order valence-electron chi connectivity index (χ2n) is 6.83. The molecule has 24 heavy (non-hydrogen) atoms. The topological polar surface area (TPSA) is 56.1 Å². The number of ether oxygens (including phenoxy) is 1. The third-order valence-electron chi connectivity index (χ3n) is 5.20. The van der Waals surface area contributed by atoms with Crippen molar-refractivity contribution in [3.8, 4) is 5.88 Å². The number of aromatic nitrogens is 4. The zero-order valence-corrected chi connectivity index (χ0v) is 14.5. The summed E-state index contributed by atoms with van der Waals surface area (Å²) in [5.41, 5.74) is 2.37. The largest absolute Gasteiger partial charge is 0.481 e. The molecule has 0 saturated carbocycles. The van der Waals surface area contributed by atoms with Crippen LogP contribution in [-0.4, -0.2) is 39.7 Å². The number of piperidine rings is 1. The quantitative estimate of drug-likeness (QED) is 0.867. The van der Waals surface area contributed by atoms with Crippen LogP contribution in [-0.2, 0) is 13.0 Å². The lowest BCUT2D eigenvalue weighted by atomic mass is 9.95. The molecule has 0 spiro atoms. The van der Waals surface area contributed by atoms with Crippen LogP contribution in [0.4, 0.5) is 5.95 Å². The molecule has 0 N–H and O–H groups in total. The van der Waals surface area contributed by atoms with Crippen LogP contribution in [0, 0.1) is 6.92 Å². The fourth-order valence-corrected chi connectivity index (χ4v) is 3.89. The van der Waals surface area contributed by atoms with Gasteiger partial charge < -0.3 is 14.2 Å². The smallest absolute Gasteiger partial charge is 0.228 e. The summed E-state index contributed by atoms with van der Waals surface area (Å²) in [6.07, 6.45) is 8.08. The van der Waals surface area contributed by atoms with E-state index in [0.717, 1.165) is 44.1 Å². The lowest BCUT2D eigenvalue weighted by molar-refractivity contribution is 0.394. The lowest BCUT2D eigenvalue weighted by Gasteiger charge is -2.32. The van der Waals surface area contributed by atoms with Gasteiger partial charge in [-0.25, -0.2) is 9.97 Å². The zero-order valence-electron chi connectivity index (χ0n) is 14.5. The average molecular weight is 327 g/mol. The first-order valence-electron chi connectivity index (χ1n) is 8.93. The normalized spacial score (nSPS) is 18.5. The molecule has 2 aliphatic rings. The second-order valence-corrected chi connectivity index (χ2v) is 6.83. The molecule has 1 fully saturated rings. The van der Waals surface area contributed by atoms with Gasteiger partial charge >= 0.3 is 0 Å². The third kappa shape index (κ3) is 2.85. The van der Waals surface area contributed by atoms with Crippen LogP contribution < -0.4 is 9.64 Å². The Labute approximate surface area is 142 Å². The molecule has 2 aromatic rings. The highest BCUT2D eigenvalue weighted by atomic mass is 16.5. The van der Waals surface area contributed by atoms with E-state index >= 15 is 0 Å². The van der Waals surface area contributed by atoms with Gasteiger partial charge in [-0.15, -0.1) is 0 Å². The van der Waals surface area contributed by atoms with Crippen LogP contribution in [0.3, 0.4) is 0 Å². The highest BCUT2D eigenvalue weighted by Gasteiger charge is 2.27. The Bertz CT molecular complexity index is 718. The minimum atomic E-state index is 0.555. The number of hydrogen-bond donors (Lipinski definition) is 0. The van der Waals surface area contributed by atoms with E-state index in [9.17, 15) is 0 Å². The maximum Gasteiger partial charge on any atom is 0.228 e. The fraction of sp³-hybridized carbons (Fsp3) is 0.611. The molecule has 0 aliphatic carbocycles. The molecule has 0 aromatic carbocycles. The van der Waals surface area contributed by atoms with Crippen LogP contribution in [0.25, 0.3) is 0 Å². The Hall–Kier alpha value is -2.11. The molecular formula is C18H25N5O. The predicted molar refractivity (Wildman–Crippen MR) is 92.7 cm³/mol. The lowest BCUT2D eigenvalue weighted by Crippen LogP contribution is -2.35. The van der Waals surface area contributed by atoms with Gasteiger partial charge in [-0.1, -0.05) is 0 Å². The molecule has 6 nitrogen and oxygen atoms in total. The fourth-order valence-electron chi connectivity index (χ4n) is 3.89. The monoisotopic (exact) mass is 327 g/mol. The van der Waals surface area contributed by atoms with E-state index in [-0.39, 0.29) is 0 Å². The number of nitrogens with zero attached hydrogens (tertiary/aromatic N) is 5. The highest BCUT2D eigenvalue weighted by Crippen LogP contribution is 2.31. The molecule has 1 saturated heterocycles. The van der Waals surface area contributed by atoms with E-state index in [4.69, 9.17) is 9.72 Å². The second kappa shape index (κ2) is 6.42. The average Bonchev–Trinajstić information content (AvgIpc) is 3.05. The number of aryl methyl sites for hydroxylation is 2. The standard InChI is InChI=1S/C18H25N5O/c1-13-11-16(24-2)21-18(20-13)22-9-6-14(7-10-22)17-19-12-15-5-3-4-8-23(15)17/h11-12,14H,3-10H2,1-2H3. The van der Waals surface area contributed by atoms with Gasteiger partial charge in [-0.05, 0) is 39.0 Å². The summed E-state index contributed by atoms with van der Waals surface area (Å²) < 4.78 is 7.75. The van der Waals surface area contributed by atoms with Crippen LogP contribution >= 0.6 is 0 Å². The Morgan fingerprint density at radius 1 is 1.12 bits per heavy atom. The summed E-state index contributed by atoms with van der Waals surface area (Å²) in [6.45, 7) is 5.07. The summed E-state index contributed by atoms with van der Waals surface area (Å²) >= 11 is 0. The van der Waals surface area contributed by atoms with Gasteiger partial charge in [0, 0.05) is 49.2 Å². The van der Waals surface area contributed by atoms with E-state index < -0.39 is 0 Å². The molecule has 2 aromatic heterocycles. The molecule has 0 unspecified atom stereocenters. The summed E-state index contributed by atoms with van der Waals surface area (Å²) in [5, 5.41) is 0. The Morgan fingerprint density at radius 3 is 2.75 bits per heavy atom. The molecule has 128 valence electrons. The van der Waals surface area contributed by atoms with Gasteiger partial charge in [-0.3, -0.25) is 0 Å². The van der Waals surface area contributed by atoms with Crippen molar-refractivity contribution >= 4 is 5.95 Å². The van der Waals surface area contributed by atoms with Gasteiger partial charge in [0.25, 0.3) is 0 Å². The Kier molecular flexibility index (Phi) is 4.12. The van der Waals surface area contributed by atoms with Crippen molar-refractivity contribution in [1.82, 2.24) is 19.5 Å². The van der Waals surface area contributed by atoms with Crippen molar-refractivity contribution in [3.63, 3.8) is 0 Å². The minimum Gasteiger partial charge on any atom is -0.481 e. The molecule has 4 heterocycles. The first-order valence-corrected chi connectivity index (χ1v) is 8.93. The van der Waals surface area contributed by atoms with Gasteiger partial charge in [0.1, 0.15) is 5.82 Å². The molecule has 2 aliphatic heterocycles. The SMILES string of the molecule is COc1cc(C)nc(N2CCC(c3ncc4n3CCCC4)CC2)n1. The van der Waals surface area contributed by atoms with Crippen molar-refractivity contribution < 1.29 is 4.74 Å². The van der Waals surface area contributed by atoms with Crippen molar-refractivity contribution in [1.29, 1.82) is 0 Å². The summed E-state index contributed by atoms with van der Waals surface area (Å²) in [5.74, 6) is 3.28. The van der Waals surface area contributed by atoms with Gasteiger partial charge in [-0.2, -0.15) is 4.98 Å². The van der Waals surface area contributed by atoms with Crippen molar-refractivity contribution in [2.45, 2.75) is 51.5 Å². The van der Waals surface area contributed by atoms with Crippen molar-refractivity contribution in [3.05, 3.63) is 29.5 Å². The third-order valence-corrected chi connectivity index (χ3v) is 5.20. The molecular weight excluding hydrogens is 302 g/mol. The number of hydrogen-bond acceptors (Lipinski definition) is 5. The van der Waals surface area contributed by atoms with Crippen molar-refractivity contribution in [2.75, 3.05) is 25.1 Å². The Balaban J connectivity index is 1.47. The number of fused-ring (bicyclic) bond motifs is 1. The van der Waals surface area contributed by atoms with Gasteiger partial charge in [0.15, 0.2) is 0 Å². The first-order chi connectivity index (χ1) is 11.7. The van der Waals surface area contributed by atoms with Crippen LogP contribution in [0.2, 0.25) is 0 Å². The number of imidazole rings is 1. The summed E-state index contributed by atoms with van der Waals surface area (Å²) in [7, 11) is 1.65. The highest BCUT2D eigenvalue weighted by molar-refractivity contribution is 5.35. The van der Waals surface area contributed by atoms with E-state index in [1.54, 1.807) is 7.11 Å². The zero-order chi connectivity index (χ0) is 16.5. The maximum absolute atomic E-state index is 5.28. The molecule has 0 bridgehead atoms. The van der Waals surface area contributed by atoms with Gasteiger partial charge in [0.2, 0.25) is 11.8 Å². The molecule has 0 radical (unpaired) electrons. The first kappa shape index (κ1) is 15.4. The maximum atomic E-state index is 5.28. The van der Waals surface area contributed by atoms with E-state index in [0.29, 0.717) is 11.8 Å². The van der Waals surface area contributed by atoms with E-state index in [1.165, 1.54) is 30.8 Å². The number of methoxy groups -OCH3 is 1. The summed E-state index contributed by atoms with van der Waals surface area (Å²) in [4.78, 5) is 16.1. The minimum absolute atomic E-state index is 0.555. The number of anilines is 1. The number of rotatable bonds is 3. The van der Waals surface area contributed by atoms with Crippen LogP contribution in [0.5, 0.6) is 5.88 Å². The van der Waals surface area contributed by atoms with Gasteiger partial charge in [0.05, 0.1) is 7.11 Å². The van der Waals surface area contributed by atoms with Crippen LogP contribution in [0.15, 0.2) is 12.3 Å². The Morgan fingerprint density at radius 2 is 1.96 bits per heavy atom. The molecule has 6 heteroatoms. The van der Waals surface area contributed by atoms with Crippen LogP contribution in [0.1, 0.15) is 48.8 Å². The molecule has 0 amide bonds. The molecule has 0 atom stereocenters. The molecule has 4 rings (SSSR count). The van der Waals surface area contributed by atoms with E-state index in [1.807, 2.05) is 13.0 Å². The summed E-state index contributed by atoms with van der Waals surface area (Å²) in [6, 6.07) is 1.87. The predicted octanol–water partition coefficient (Wildman–Crippen LogP) is 2.71. The van der Waals surface area contributed by atoms with Crippen molar-refractivity contribution in [2.24, 2.45) is 0 Å². The van der Waals surface area contributed by atoms with E-state index in [2.05, 4.69) is 25.6 Å².